The summed E-state index contributed by atoms with van der Waals surface area (Å²) in [6.07, 6.45) is 3.83. The van der Waals surface area contributed by atoms with Crippen molar-refractivity contribution in [3.05, 3.63) is 42.5 Å². The fraction of sp³-hybridized carbons (Fsp3) is 0.421. The van der Waals surface area contributed by atoms with Gasteiger partial charge in [0.05, 0.1) is 11.7 Å². The molecule has 1 aliphatic heterocycles. The number of amides is 4. The third-order valence-corrected chi connectivity index (χ3v) is 5.04. The van der Waals surface area contributed by atoms with E-state index in [1.807, 2.05) is 31.2 Å². The minimum Gasteiger partial charge on any atom is -0.339 e. The number of likely N-dealkylation sites (N-methyl/N-ethyl adjacent to an activating group) is 1. The molecule has 28 heavy (non-hydrogen) atoms. The van der Waals surface area contributed by atoms with Crippen LogP contribution >= 0.6 is 0 Å². The molecule has 3 rings (SSSR count). The van der Waals surface area contributed by atoms with Crippen LogP contribution in [0.15, 0.2) is 36.9 Å². The summed E-state index contributed by atoms with van der Waals surface area (Å²) in [7, 11) is 3.35. The molecule has 1 atom stereocenters. The van der Waals surface area contributed by atoms with Gasteiger partial charge in [0.15, 0.2) is 0 Å². The van der Waals surface area contributed by atoms with E-state index in [4.69, 9.17) is 0 Å². The van der Waals surface area contributed by atoms with Crippen LogP contribution in [0.25, 0.3) is 5.69 Å². The van der Waals surface area contributed by atoms with Gasteiger partial charge in [0.1, 0.15) is 19.2 Å². The smallest absolute Gasteiger partial charge is 0.326 e. The van der Waals surface area contributed by atoms with Gasteiger partial charge in [-0.25, -0.2) is 14.5 Å². The van der Waals surface area contributed by atoms with Gasteiger partial charge in [0, 0.05) is 27.1 Å². The van der Waals surface area contributed by atoms with E-state index in [-0.39, 0.29) is 43.4 Å². The second-order valence-corrected chi connectivity index (χ2v) is 6.90. The van der Waals surface area contributed by atoms with Crippen molar-refractivity contribution in [1.29, 1.82) is 0 Å². The highest BCUT2D eigenvalue weighted by atomic mass is 16.2. The number of carbonyl (C=O) groups excluding carboxylic acids is 3. The summed E-state index contributed by atoms with van der Waals surface area (Å²) in [5.41, 5.74) is 1.90. The monoisotopic (exact) mass is 384 g/mol. The first kappa shape index (κ1) is 19.5. The highest BCUT2D eigenvalue weighted by molar-refractivity contribution is 6.01. The SMILES string of the molecule is C[C@H](c1ccc(-n2cncn2)cc1)N(C)C(=O)CCCN1C(=O)CN(C)C1=O. The highest BCUT2D eigenvalue weighted by Crippen LogP contribution is 2.21. The van der Waals surface area contributed by atoms with Gasteiger partial charge in [-0.3, -0.25) is 14.5 Å². The Hall–Kier alpha value is -3.23. The minimum atomic E-state index is -0.299. The van der Waals surface area contributed by atoms with Crippen molar-refractivity contribution in [3.63, 3.8) is 0 Å². The summed E-state index contributed by atoms with van der Waals surface area (Å²) >= 11 is 0. The molecule has 1 aromatic carbocycles. The van der Waals surface area contributed by atoms with E-state index in [1.54, 1.807) is 30.0 Å². The molecule has 2 aromatic rings. The van der Waals surface area contributed by atoms with Crippen LogP contribution < -0.4 is 0 Å². The molecule has 1 fully saturated rings. The average Bonchev–Trinajstić information content (AvgIpc) is 3.31. The molecule has 9 heteroatoms. The standard InChI is InChI=1S/C19H24N6O3/c1-14(15-6-8-16(9-7-15)25-13-20-12-21-25)23(3)17(26)5-4-10-24-18(27)11-22(2)19(24)28/h6-9,12-14H,4-5,10-11H2,1-3H3/t14-/m1/s1. The van der Waals surface area contributed by atoms with E-state index >= 15 is 0 Å². The quantitative estimate of drug-likeness (QED) is 0.674. The third kappa shape index (κ3) is 4.03. The van der Waals surface area contributed by atoms with Crippen LogP contribution in [0.3, 0.4) is 0 Å². The van der Waals surface area contributed by atoms with Crippen LogP contribution in [0, 0.1) is 0 Å². The first-order valence-electron chi connectivity index (χ1n) is 9.14. The molecule has 0 aliphatic carbocycles. The molecule has 0 spiro atoms. The fourth-order valence-electron chi connectivity index (χ4n) is 3.14. The molecule has 1 aliphatic rings. The zero-order chi connectivity index (χ0) is 20.3. The molecule has 0 unspecified atom stereocenters. The maximum Gasteiger partial charge on any atom is 0.326 e. The Kier molecular flexibility index (Phi) is 5.72. The normalized spacial score (nSPS) is 15.2. The second-order valence-electron chi connectivity index (χ2n) is 6.90. The number of carbonyl (C=O) groups is 3. The predicted octanol–water partition coefficient (Wildman–Crippen LogP) is 1.46. The van der Waals surface area contributed by atoms with Gasteiger partial charge >= 0.3 is 6.03 Å². The Morgan fingerprint density at radius 1 is 1.25 bits per heavy atom. The van der Waals surface area contributed by atoms with Crippen LogP contribution in [0.5, 0.6) is 0 Å². The van der Waals surface area contributed by atoms with E-state index in [9.17, 15) is 14.4 Å². The molecular formula is C19H24N6O3. The Bertz CT molecular complexity index is 849. The van der Waals surface area contributed by atoms with Crippen LogP contribution in [-0.4, -0.2) is 74.5 Å². The maximum atomic E-state index is 12.5. The Morgan fingerprint density at radius 2 is 1.96 bits per heavy atom. The van der Waals surface area contributed by atoms with Crippen LogP contribution in [0.1, 0.15) is 31.4 Å². The summed E-state index contributed by atoms with van der Waals surface area (Å²) < 4.78 is 1.67. The Labute approximate surface area is 163 Å². The zero-order valence-electron chi connectivity index (χ0n) is 16.3. The van der Waals surface area contributed by atoms with Crippen molar-refractivity contribution >= 4 is 17.8 Å². The lowest BCUT2D eigenvalue weighted by molar-refractivity contribution is -0.132. The van der Waals surface area contributed by atoms with Crippen molar-refractivity contribution in [2.24, 2.45) is 0 Å². The van der Waals surface area contributed by atoms with Crippen LogP contribution in [0.2, 0.25) is 0 Å². The van der Waals surface area contributed by atoms with E-state index < -0.39 is 0 Å². The number of nitrogens with zero attached hydrogens (tertiary/aromatic N) is 6. The van der Waals surface area contributed by atoms with E-state index in [1.165, 1.54) is 16.1 Å². The number of hydrogen-bond donors (Lipinski definition) is 0. The first-order valence-corrected chi connectivity index (χ1v) is 9.14. The third-order valence-electron chi connectivity index (χ3n) is 5.04. The van der Waals surface area contributed by atoms with E-state index in [0.29, 0.717) is 6.42 Å². The van der Waals surface area contributed by atoms with E-state index in [2.05, 4.69) is 10.1 Å². The number of aromatic nitrogens is 3. The molecule has 0 N–H and O–H groups in total. The number of rotatable bonds is 7. The number of urea groups is 1. The molecular weight excluding hydrogens is 360 g/mol. The van der Waals surface area contributed by atoms with Gasteiger partial charge in [0.25, 0.3) is 0 Å². The molecule has 1 saturated heterocycles. The fourth-order valence-corrected chi connectivity index (χ4v) is 3.14. The summed E-state index contributed by atoms with van der Waals surface area (Å²) in [5, 5.41) is 4.09. The second kappa shape index (κ2) is 8.20. The zero-order valence-corrected chi connectivity index (χ0v) is 16.3. The first-order chi connectivity index (χ1) is 13.4. The lowest BCUT2D eigenvalue weighted by atomic mass is 10.1. The minimum absolute atomic E-state index is 0.0275. The molecule has 2 heterocycles. The van der Waals surface area contributed by atoms with Crippen molar-refractivity contribution in [2.45, 2.75) is 25.8 Å². The number of hydrogen-bond acceptors (Lipinski definition) is 5. The lowest BCUT2D eigenvalue weighted by Crippen LogP contribution is -2.34. The van der Waals surface area contributed by atoms with Crippen molar-refractivity contribution in [2.75, 3.05) is 27.2 Å². The average molecular weight is 384 g/mol. The van der Waals surface area contributed by atoms with E-state index in [0.717, 1.165) is 11.3 Å². The molecule has 0 radical (unpaired) electrons. The van der Waals surface area contributed by atoms with Gasteiger partial charge in [-0.2, -0.15) is 5.10 Å². The van der Waals surface area contributed by atoms with Crippen molar-refractivity contribution in [3.8, 4) is 5.69 Å². The largest absolute Gasteiger partial charge is 0.339 e. The Balaban J connectivity index is 1.52. The predicted molar refractivity (Wildman–Crippen MR) is 102 cm³/mol. The maximum absolute atomic E-state index is 12.5. The molecule has 148 valence electrons. The summed E-state index contributed by atoms with van der Waals surface area (Å²) in [4.78, 5) is 44.3. The van der Waals surface area contributed by atoms with Crippen LogP contribution in [0.4, 0.5) is 4.79 Å². The molecule has 4 amide bonds. The van der Waals surface area contributed by atoms with Crippen molar-refractivity contribution < 1.29 is 14.4 Å². The molecule has 9 nitrogen and oxygen atoms in total. The van der Waals surface area contributed by atoms with Gasteiger partial charge < -0.3 is 9.80 Å². The molecule has 1 aromatic heterocycles. The van der Waals surface area contributed by atoms with Gasteiger partial charge in [-0.15, -0.1) is 0 Å². The summed E-state index contributed by atoms with van der Waals surface area (Å²) in [5.74, 6) is -0.241. The van der Waals surface area contributed by atoms with Gasteiger partial charge in [-0.1, -0.05) is 12.1 Å². The lowest BCUT2D eigenvalue weighted by Gasteiger charge is -2.26. The van der Waals surface area contributed by atoms with Gasteiger partial charge in [0.2, 0.25) is 11.8 Å². The van der Waals surface area contributed by atoms with Crippen molar-refractivity contribution in [1.82, 2.24) is 29.5 Å². The highest BCUT2D eigenvalue weighted by Gasteiger charge is 2.33. The Morgan fingerprint density at radius 3 is 2.54 bits per heavy atom. The van der Waals surface area contributed by atoms with Crippen LogP contribution in [-0.2, 0) is 9.59 Å². The number of imide groups is 1. The molecule has 0 saturated carbocycles. The van der Waals surface area contributed by atoms with Gasteiger partial charge in [-0.05, 0) is 31.0 Å². The summed E-state index contributed by atoms with van der Waals surface area (Å²) in [6.45, 7) is 2.34. The number of benzene rings is 1. The summed E-state index contributed by atoms with van der Waals surface area (Å²) in [6, 6.07) is 7.39. The topological polar surface area (TPSA) is 91.6 Å². The molecule has 0 bridgehead atoms.